The summed E-state index contributed by atoms with van der Waals surface area (Å²) in [6, 6.07) is 0. The number of carbonyl (C=O) groups excluding carboxylic acids is 1. The average Bonchev–Trinajstić information content (AvgIpc) is 2.34. The van der Waals surface area contributed by atoms with E-state index in [1.54, 1.807) is 4.90 Å². The van der Waals surface area contributed by atoms with Gasteiger partial charge in [0.15, 0.2) is 0 Å². The van der Waals surface area contributed by atoms with Crippen LogP contribution in [0.15, 0.2) is 11.6 Å². The minimum Gasteiger partial charge on any atom is -0.444 e. The van der Waals surface area contributed by atoms with Crippen molar-refractivity contribution in [3.63, 3.8) is 0 Å². The first kappa shape index (κ1) is 16.9. The Labute approximate surface area is 120 Å². The molecular formula is C14H26N2O4. The molecule has 0 spiro atoms. The van der Waals surface area contributed by atoms with Crippen LogP contribution in [0, 0.1) is 5.92 Å². The van der Waals surface area contributed by atoms with Crippen molar-refractivity contribution in [1.82, 2.24) is 9.96 Å². The van der Waals surface area contributed by atoms with E-state index < -0.39 is 17.9 Å². The first-order chi connectivity index (χ1) is 9.15. The molecule has 1 aliphatic heterocycles. The number of hydroxylamine groups is 2. The molecular weight excluding hydrogens is 260 g/mol. The molecule has 1 amide bonds. The standard InChI is InChI=1S/C14H26N2O4/c1-6-10-7-8-16(13(18)20-14(2,3)4)9-11(10)12(17)15(5)19/h7,11-12,17,19H,6,8-9H2,1-5H3. The fraction of sp³-hybridized carbons (Fsp3) is 0.786. The van der Waals surface area contributed by atoms with Gasteiger partial charge < -0.3 is 20.0 Å². The fourth-order valence-electron chi connectivity index (χ4n) is 2.24. The van der Waals surface area contributed by atoms with E-state index in [0.717, 1.165) is 17.1 Å². The first-order valence-electron chi connectivity index (χ1n) is 6.92. The third-order valence-electron chi connectivity index (χ3n) is 3.27. The highest BCUT2D eigenvalue weighted by molar-refractivity contribution is 5.68. The molecule has 0 aromatic carbocycles. The lowest BCUT2D eigenvalue weighted by Crippen LogP contribution is -2.48. The Hall–Kier alpha value is -1.11. The van der Waals surface area contributed by atoms with E-state index in [9.17, 15) is 15.1 Å². The van der Waals surface area contributed by atoms with Crippen molar-refractivity contribution in [3.05, 3.63) is 11.6 Å². The van der Waals surface area contributed by atoms with Gasteiger partial charge in [0.25, 0.3) is 0 Å². The molecule has 20 heavy (non-hydrogen) atoms. The molecule has 2 unspecified atom stereocenters. The molecule has 2 atom stereocenters. The summed E-state index contributed by atoms with van der Waals surface area (Å²) in [7, 11) is 1.39. The molecule has 6 nitrogen and oxygen atoms in total. The topological polar surface area (TPSA) is 73.2 Å². The van der Waals surface area contributed by atoms with Gasteiger partial charge in [-0.1, -0.05) is 18.6 Å². The van der Waals surface area contributed by atoms with Crippen LogP contribution in [-0.4, -0.2) is 58.3 Å². The van der Waals surface area contributed by atoms with Crippen LogP contribution in [0.1, 0.15) is 34.1 Å². The highest BCUT2D eigenvalue weighted by atomic mass is 16.6. The second kappa shape index (κ2) is 6.56. The van der Waals surface area contributed by atoms with Crippen LogP contribution in [0.2, 0.25) is 0 Å². The Morgan fingerprint density at radius 2 is 2.20 bits per heavy atom. The quantitative estimate of drug-likeness (QED) is 0.470. The van der Waals surface area contributed by atoms with Crippen molar-refractivity contribution >= 4 is 6.09 Å². The fourth-order valence-corrected chi connectivity index (χ4v) is 2.24. The van der Waals surface area contributed by atoms with Crippen LogP contribution in [0.25, 0.3) is 0 Å². The summed E-state index contributed by atoms with van der Waals surface area (Å²) < 4.78 is 5.33. The Kier molecular flexibility index (Phi) is 5.56. The third-order valence-corrected chi connectivity index (χ3v) is 3.27. The monoisotopic (exact) mass is 286 g/mol. The zero-order chi connectivity index (χ0) is 15.5. The van der Waals surface area contributed by atoms with Gasteiger partial charge in [-0.3, -0.25) is 0 Å². The molecule has 0 saturated carbocycles. The summed E-state index contributed by atoms with van der Waals surface area (Å²) in [6.45, 7) is 8.24. The molecule has 6 heteroatoms. The number of aliphatic hydroxyl groups is 1. The lowest BCUT2D eigenvalue weighted by Gasteiger charge is -2.37. The van der Waals surface area contributed by atoms with Gasteiger partial charge in [-0.15, -0.1) is 0 Å². The maximum atomic E-state index is 12.1. The van der Waals surface area contributed by atoms with Crippen molar-refractivity contribution in [2.75, 3.05) is 20.1 Å². The molecule has 0 aromatic heterocycles. The average molecular weight is 286 g/mol. The minimum absolute atomic E-state index is 0.309. The third kappa shape index (κ3) is 4.47. The van der Waals surface area contributed by atoms with E-state index in [1.165, 1.54) is 7.05 Å². The molecule has 116 valence electrons. The minimum atomic E-state index is -1.04. The van der Waals surface area contributed by atoms with Crippen LogP contribution in [0.3, 0.4) is 0 Å². The molecule has 0 bridgehead atoms. The second-order valence-corrected chi connectivity index (χ2v) is 6.11. The highest BCUT2D eigenvalue weighted by Gasteiger charge is 2.33. The normalized spacial score (nSPS) is 21.7. The molecule has 0 saturated heterocycles. The number of nitrogens with zero attached hydrogens (tertiary/aromatic N) is 2. The van der Waals surface area contributed by atoms with Gasteiger partial charge in [-0.05, 0) is 27.2 Å². The van der Waals surface area contributed by atoms with Crippen LogP contribution >= 0.6 is 0 Å². The highest BCUT2D eigenvalue weighted by Crippen LogP contribution is 2.26. The lowest BCUT2D eigenvalue weighted by molar-refractivity contribution is -0.195. The van der Waals surface area contributed by atoms with E-state index in [4.69, 9.17) is 4.74 Å². The number of rotatable bonds is 3. The van der Waals surface area contributed by atoms with Crippen molar-refractivity contribution in [2.24, 2.45) is 5.92 Å². The Bertz CT molecular complexity index is 374. The van der Waals surface area contributed by atoms with Crippen LogP contribution in [-0.2, 0) is 4.74 Å². The van der Waals surface area contributed by atoms with Crippen molar-refractivity contribution in [2.45, 2.75) is 45.9 Å². The van der Waals surface area contributed by atoms with E-state index >= 15 is 0 Å². The van der Waals surface area contributed by atoms with Gasteiger partial charge in [0.2, 0.25) is 0 Å². The molecule has 2 N–H and O–H groups in total. The van der Waals surface area contributed by atoms with Crippen LogP contribution in [0.4, 0.5) is 4.79 Å². The summed E-state index contributed by atoms with van der Waals surface area (Å²) in [5.74, 6) is -0.309. The van der Waals surface area contributed by atoms with Gasteiger partial charge in [0.1, 0.15) is 11.8 Å². The van der Waals surface area contributed by atoms with Gasteiger partial charge >= 0.3 is 6.09 Å². The molecule has 0 fully saturated rings. The molecule has 1 aliphatic rings. The van der Waals surface area contributed by atoms with Gasteiger partial charge in [-0.2, -0.15) is 5.06 Å². The van der Waals surface area contributed by atoms with Gasteiger partial charge in [0, 0.05) is 26.1 Å². The summed E-state index contributed by atoms with van der Waals surface area (Å²) in [5.41, 5.74) is 0.492. The Morgan fingerprint density at radius 3 is 2.65 bits per heavy atom. The van der Waals surface area contributed by atoms with Crippen molar-refractivity contribution in [3.8, 4) is 0 Å². The summed E-state index contributed by atoms with van der Waals surface area (Å²) in [5, 5.41) is 20.2. The van der Waals surface area contributed by atoms with Gasteiger partial charge in [0.05, 0.1) is 0 Å². The SMILES string of the molecule is CCC1=CCN(C(=O)OC(C)(C)C)CC1C(O)N(C)O. The van der Waals surface area contributed by atoms with E-state index in [1.807, 2.05) is 33.8 Å². The Morgan fingerprint density at radius 1 is 1.60 bits per heavy atom. The number of aliphatic hydroxyl groups excluding tert-OH is 1. The zero-order valence-electron chi connectivity index (χ0n) is 13.0. The first-order valence-corrected chi connectivity index (χ1v) is 6.92. The maximum absolute atomic E-state index is 12.1. The van der Waals surface area contributed by atoms with Gasteiger partial charge in [-0.25, -0.2) is 4.79 Å². The van der Waals surface area contributed by atoms with Crippen molar-refractivity contribution < 1.29 is 19.8 Å². The molecule has 1 heterocycles. The molecule has 0 radical (unpaired) electrons. The zero-order valence-corrected chi connectivity index (χ0v) is 13.0. The molecule has 1 rings (SSSR count). The predicted octanol–water partition coefficient (Wildman–Crippen LogP) is 1.83. The predicted molar refractivity (Wildman–Crippen MR) is 75.2 cm³/mol. The molecule has 0 aliphatic carbocycles. The summed E-state index contributed by atoms with van der Waals surface area (Å²) in [6.07, 6.45) is 1.26. The maximum Gasteiger partial charge on any atom is 0.410 e. The van der Waals surface area contributed by atoms with E-state index in [2.05, 4.69) is 0 Å². The summed E-state index contributed by atoms with van der Waals surface area (Å²) in [4.78, 5) is 13.6. The number of ether oxygens (including phenoxy) is 1. The number of hydrogen-bond acceptors (Lipinski definition) is 5. The largest absolute Gasteiger partial charge is 0.444 e. The number of hydrogen-bond donors (Lipinski definition) is 2. The molecule has 0 aromatic rings. The van der Waals surface area contributed by atoms with Crippen molar-refractivity contribution in [1.29, 1.82) is 0 Å². The second-order valence-electron chi connectivity index (χ2n) is 6.11. The van der Waals surface area contributed by atoms with E-state index in [0.29, 0.717) is 13.1 Å². The number of amides is 1. The summed E-state index contributed by atoms with van der Waals surface area (Å²) >= 11 is 0. The lowest BCUT2D eigenvalue weighted by atomic mass is 9.91. The van der Waals surface area contributed by atoms with E-state index in [-0.39, 0.29) is 5.92 Å². The Balaban J connectivity index is 2.81. The van der Waals surface area contributed by atoms with Crippen LogP contribution < -0.4 is 0 Å². The smallest absolute Gasteiger partial charge is 0.410 e. The number of carbonyl (C=O) groups is 1. The van der Waals surface area contributed by atoms with Crippen LogP contribution in [0.5, 0.6) is 0 Å².